The van der Waals surface area contributed by atoms with Gasteiger partial charge in [-0.05, 0) is 55.3 Å². The van der Waals surface area contributed by atoms with Gasteiger partial charge in [0.2, 0.25) is 0 Å². The standard InChI is InChI=1S/C16H25NO3S/c1-18-10-11-19-9-3-8-17-21-16-5-2-4-15(12-16)20-13-14-6-7-14/h2,4-5,12,14,17H,3,6-11,13H2,1H3. The van der Waals surface area contributed by atoms with E-state index in [1.807, 2.05) is 12.1 Å². The van der Waals surface area contributed by atoms with E-state index in [2.05, 4.69) is 16.9 Å². The van der Waals surface area contributed by atoms with Gasteiger partial charge in [-0.1, -0.05) is 6.07 Å². The molecule has 0 bridgehead atoms. The molecule has 1 aromatic rings. The molecule has 0 saturated heterocycles. The van der Waals surface area contributed by atoms with Crippen LogP contribution in [-0.4, -0.2) is 40.1 Å². The molecule has 0 aliphatic heterocycles. The third-order valence-corrected chi connectivity index (χ3v) is 4.02. The fraction of sp³-hybridized carbons (Fsp3) is 0.625. The topological polar surface area (TPSA) is 39.7 Å². The van der Waals surface area contributed by atoms with E-state index in [-0.39, 0.29) is 0 Å². The Labute approximate surface area is 131 Å². The highest BCUT2D eigenvalue weighted by Crippen LogP contribution is 2.30. The fourth-order valence-electron chi connectivity index (χ4n) is 1.75. The lowest BCUT2D eigenvalue weighted by molar-refractivity contribution is 0.0700. The largest absolute Gasteiger partial charge is 0.493 e. The zero-order valence-corrected chi connectivity index (χ0v) is 13.5. The average Bonchev–Trinajstić information content (AvgIpc) is 3.33. The zero-order valence-electron chi connectivity index (χ0n) is 12.7. The molecule has 118 valence electrons. The minimum absolute atomic E-state index is 0.663. The van der Waals surface area contributed by atoms with Crippen LogP contribution in [0.15, 0.2) is 29.2 Å². The predicted octanol–water partition coefficient (Wildman–Crippen LogP) is 3.13. The first kappa shape index (κ1) is 16.6. The molecule has 0 unspecified atom stereocenters. The molecule has 21 heavy (non-hydrogen) atoms. The third kappa shape index (κ3) is 7.71. The Morgan fingerprint density at radius 2 is 2.14 bits per heavy atom. The van der Waals surface area contributed by atoms with Crippen molar-refractivity contribution in [1.29, 1.82) is 0 Å². The highest BCUT2D eigenvalue weighted by atomic mass is 32.2. The second kappa shape index (κ2) is 10.1. The van der Waals surface area contributed by atoms with Gasteiger partial charge >= 0.3 is 0 Å². The molecule has 0 atom stereocenters. The van der Waals surface area contributed by atoms with E-state index in [0.29, 0.717) is 13.2 Å². The Morgan fingerprint density at radius 3 is 2.95 bits per heavy atom. The van der Waals surface area contributed by atoms with Crippen LogP contribution in [0.5, 0.6) is 5.75 Å². The summed E-state index contributed by atoms with van der Waals surface area (Å²) in [6, 6.07) is 8.25. The van der Waals surface area contributed by atoms with Gasteiger partial charge < -0.3 is 14.2 Å². The first-order chi connectivity index (χ1) is 10.4. The number of benzene rings is 1. The molecular weight excluding hydrogens is 286 g/mol. The summed E-state index contributed by atoms with van der Waals surface area (Å²) in [6.07, 6.45) is 3.64. The number of hydrogen-bond acceptors (Lipinski definition) is 5. The van der Waals surface area contributed by atoms with Gasteiger partial charge in [0.25, 0.3) is 0 Å². The van der Waals surface area contributed by atoms with Crippen LogP contribution >= 0.6 is 11.9 Å². The normalized spacial score (nSPS) is 14.3. The average molecular weight is 311 g/mol. The van der Waals surface area contributed by atoms with Gasteiger partial charge in [0.05, 0.1) is 19.8 Å². The molecule has 0 amide bonds. The van der Waals surface area contributed by atoms with Crippen molar-refractivity contribution in [3.63, 3.8) is 0 Å². The lowest BCUT2D eigenvalue weighted by Crippen LogP contribution is -2.10. The summed E-state index contributed by atoms with van der Waals surface area (Å²) in [5, 5.41) is 0. The predicted molar refractivity (Wildman–Crippen MR) is 85.8 cm³/mol. The lowest BCUT2D eigenvalue weighted by atomic mass is 10.3. The van der Waals surface area contributed by atoms with E-state index in [4.69, 9.17) is 14.2 Å². The maximum absolute atomic E-state index is 5.78. The SMILES string of the molecule is COCCOCCCNSc1cccc(OCC2CC2)c1. The van der Waals surface area contributed by atoms with Crippen LogP contribution in [0.25, 0.3) is 0 Å². The second-order valence-electron chi connectivity index (χ2n) is 5.18. The van der Waals surface area contributed by atoms with Crippen LogP contribution in [0.3, 0.4) is 0 Å². The van der Waals surface area contributed by atoms with Crippen molar-refractivity contribution in [3.05, 3.63) is 24.3 Å². The highest BCUT2D eigenvalue weighted by Gasteiger charge is 2.21. The molecule has 1 fully saturated rings. The third-order valence-electron chi connectivity index (χ3n) is 3.18. The van der Waals surface area contributed by atoms with Gasteiger partial charge in [0.15, 0.2) is 0 Å². The molecule has 2 rings (SSSR count). The minimum atomic E-state index is 0.663. The van der Waals surface area contributed by atoms with Crippen LogP contribution in [0.4, 0.5) is 0 Å². The lowest BCUT2D eigenvalue weighted by Gasteiger charge is -2.08. The van der Waals surface area contributed by atoms with Crippen LogP contribution in [0.2, 0.25) is 0 Å². The van der Waals surface area contributed by atoms with Crippen molar-refractivity contribution in [2.45, 2.75) is 24.2 Å². The fourth-order valence-corrected chi connectivity index (χ4v) is 2.49. The molecule has 0 radical (unpaired) electrons. The van der Waals surface area contributed by atoms with Gasteiger partial charge in [-0.2, -0.15) is 0 Å². The highest BCUT2D eigenvalue weighted by molar-refractivity contribution is 7.97. The molecule has 1 aliphatic carbocycles. The van der Waals surface area contributed by atoms with E-state index < -0.39 is 0 Å². The first-order valence-corrected chi connectivity index (χ1v) is 8.39. The summed E-state index contributed by atoms with van der Waals surface area (Å²) in [7, 11) is 1.68. The van der Waals surface area contributed by atoms with Gasteiger partial charge in [0.1, 0.15) is 5.75 Å². The number of hydrogen-bond donors (Lipinski definition) is 1. The monoisotopic (exact) mass is 311 g/mol. The van der Waals surface area contributed by atoms with E-state index >= 15 is 0 Å². The summed E-state index contributed by atoms with van der Waals surface area (Å²) in [6.45, 7) is 3.88. The maximum Gasteiger partial charge on any atom is 0.120 e. The Hall–Kier alpha value is -0.750. The van der Waals surface area contributed by atoms with Crippen LogP contribution in [0.1, 0.15) is 19.3 Å². The number of nitrogens with one attached hydrogen (secondary N) is 1. The van der Waals surface area contributed by atoms with Gasteiger partial charge in [-0.15, -0.1) is 0 Å². The summed E-state index contributed by atoms with van der Waals surface area (Å²) < 4.78 is 19.5. The second-order valence-corrected chi connectivity index (χ2v) is 6.15. The summed E-state index contributed by atoms with van der Waals surface area (Å²) >= 11 is 1.64. The Bertz CT molecular complexity index is 399. The van der Waals surface area contributed by atoms with Crippen molar-refractivity contribution in [1.82, 2.24) is 4.72 Å². The zero-order chi connectivity index (χ0) is 14.8. The molecule has 1 saturated carbocycles. The van der Waals surface area contributed by atoms with Crippen LogP contribution < -0.4 is 9.46 Å². The number of methoxy groups -OCH3 is 1. The Morgan fingerprint density at radius 1 is 1.24 bits per heavy atom. The molecular formula is C16H25NO3S. The summed E-state index contributed by atoms with van der Waals surface area (Å²) in [4.78, 5) is 1.18. The minimum Gasteiger partial charge on any atom is -0.493 e. The molecule has 1 aliphatic rings. The quantitative estimate of drug-likeness (QED) is 0.474. The molecule has 1 aromatic carbocycles. The van der Waals surface area contributed by atoms with Crippen molar-refractivity contribution in [3.8, 4) is 5.75 Å². The molecule has 0 aromatic heterocycles. The number of ether oxygens (including phenoxy) is 3. The molecule has 4 nitrogen and oxygen atoms in total. The maximum atomic E-state index is 5.78. The van der Waals surface area contributed by atoms with Crippen LogP contribution in [-0.2, 0) is 9.47 Å². The van der Waals surface area contributed by atoms with Gasteiger partial charge in [0, 0.05) is 25.2 Å². The first-order valence-electron chi connectivity index (χ1n) is 7.57. The van der Waals surface area contributed by atoms with Gasteiger partial charge in [-0.3, -0.25) is 4.72 Å². The Kier molecular flexibility index (Phi) is 7.96. The smallest absolute Gasteiger partial charge is 0.120 e. The van der Waals surface area contributed by atoms with Crippen molar-refractivity contribution >= 4 is 11.9 Å². The summed E-state index contributed by atoms with van der Waals surface area (Å²) in [5.74, 6) is 1.76. The number of rotatable bonds is 12. The van der Waals surface area contributed by atoms with E-state index in [1.165, 1.54) is 17.7 Å². The van der Waals surface area contributed by atoms with E-state index in [9.17, 15) is 0 Å². The van der Waals surface area contributed by atoms with Crippen LogP contribution in [0, 0.1) is 5.92 Å². The van der Waals surface area contributed by atoms with E-state index in [1.54, 1.807) is 19.1 Å². The molecule has 1 N–H and O–H groups in total. The van der Waals surface area contributed by atoms with Crippen molar-refractivity contribution in [2.24, 2.45) is 5.92 Å². The molecule has 5 heteroatoms. The van der Waals surface area contributed by atoms with Gasteiger partial charge in [-0.25, -0.2) is 0 Å². The van der Waals surface area contributed by atoms with Crippen molar-refractivity contribution < 1.29 is 14.2 Å². The van der Waals surface area contributed by atoms with E-state index in [0.717, 1.165) is 37.8 Å². The summed E-state index contributed by atoms with van der Waals surface area (Å²) in [5.41, 5.74) is 0. The Balaban J connectivity index is 1.54. The molecule has 0 heterocycles. The van der Waals surface area contributed by atoms with Crippen molar-refractivity contribution in [2.75, 3.05) is 40.1 Å². The molecule has 0 spiro atoms.